The zero-order valence-electron chi connectivity index (χ0n) is 13.8. The maximum Gasteiger partial charge on any atom is 0.0297 e. The van der Waals surface area contributed by atoms with Crippen molar-refractivity contribution in [2.24, 2.45) is 0 Å². The minimum atomic E-state index is 0.438. The fourth-order valence-electron chi connectivity index (χ4n) is 3.44. The van der Waals surface area contributed by atoms with Crippen LogP contribution < -0.4 is 5.32 Å². The molecule has 1 unspecified atom stereocenters. The van der Waals surface area contributed by atoms with Crippen LogP contribution in [-0.2, 0) is 0 Å². The second-order valence-electron chi connectivity index (χ2n) is 6.35. The lowest BCUT2D eigenvalue weighted by Crippen LogP contribution is -2.34. The summed E-state index contributed by atoms with van der Waals surface area (Å²) in [4.78, 5) is 2.61. The van der Waals surface area contributed by atoms with E-state index in [1.165, 1.54) is 48.2 Å². The van der Waals surface area contributed by atoms with E-state index in [0.717, 1.165) is 12.6 Å². The quantitative estimate of drug-likeness (QED) is 0.814. The third-order valence-corrected chi connectivity index (χ3v) is 4.49. The summed E-state index contributed by atoms with van der Waals surface area (Å²) >= 11 is 0. The highest BCUT2D eigenvalue weighted by Crippen LogP contribution is 2.26. The first-order chi connectivity index (χ1) is 9.52. The third kappa shape index (κ3) is 3.83. The highest BCUT2D eigenvalue weighted by molar-refractivity contribution is 5.39. The molecule has 0 bridgehead atoms. The Labute approximate surface area is 124 Å². The third-order valence-electron chi connectivity index (χ3n) is 4.49. The van der Waals surface area contributed by atoms with Crippen LogP contribution in [0.1, 0.15) is 55.0 Å². The first-order valence-electron chi connectivity index (χ1n) is 8.08. The smallest absolute Gasteiger partial charge is 0.0297 e. The molecule has 0 spiro atoms. The van der Waals surface area contributed by atoms with Gasteiger partial charge in [0.1, 0.15) is 0 Å². The number of aryl methyl sites for hydroxylation is 3. The van der Waals surface area contributed by atoms with Gasteiger partial charge in [-0.3, -0.25) is 4.90 Å². The Morgan fingerprint density at radius 2 is 1.80 bits per heavy atom. The molecule has 2 heteroatoms. The van der Waals surface area contributed by atoms with E-state index in [4.69, 9.17) is 0 Å². The molecule has 0 aliphatic heterocycles. The van der Waals surface area contributed by atoms with Crippen molar-refractivity contribution in [1.82, 2.24) is 10.2 Å². The van der Waals surface area contributed by atoms with Gasteiger partial charge in [0.2, 0.25) is 0 Å². The topological polar surface area (TPSA) is 15.3 Å². The lowest BCUT2D eigenvalue weighted by molar-refractivity contribution is 0.273. The average molecular weight is 274 g/mol. The highest BCUT2D eigenvalue weighted by atomic mass is 15.2. The Hall–Kier alpha value is -0.860. The zero-order valence-corrected chi connectivity index (χ0v) is 13.8. The fourth-order valence-corrected chi connectivity index (χ4v) is 3.44. The van der Waals surface area contributed by atoms with Crippen LogP contribution in [0.3, 0.4) is 0 Å². The van der Waals surface area contributed by atoms with E-state index in [9.17, 15) is 0 Å². The minimum Gasteiger partial charge on any atom is -0.309 e. The first kappa shape index (κ1) is 15.5. The molecule has 2 rings (SSSR count). The molecule has 1 N–H and O–H groups in total. The second-order valence-corrected chi connectivity index (χ2v) is 6.35. The molecule has 0 amide bonds. The summed E-state index contributed by atoms with van der Waals surface area (Å²) in [7, 11) is 0. The van der Waals surface area contributed by atoms with Gasteiger partial charge in [-0.15, -0.1) is 0 Å². The van der Waals surface area contributed by atoms with Crippen molar-refractivity contribution in [3.05, 3.63) is 34.4 Å². The summed E-state index contributed by atoms with van der Waals surface area (Å²) in [5, 5.41) is 3.71. The average Bonchev–Trinajstić information content (AvgIpc) is 3.17. The van der Waals surface area contributed by atoms with Crippen LogP contribution in [0.5, 0.6) is 0 Å². The second kappa shape index (κ2) is 6.73. The lowest BCUT2D eigenvalue weighted by atomic mass is 9.95. The van der Waals surface area contributed by atoms with Crippen molar-refractivity contribution in [3.8, 4) is 0 Å². The normalized spacial score (nSPS) is 16.7. The standard InChI is InChI=1S/C18H30N2/c1-6-20(17-7-8-17)10-9-19-16(5)18-14(3)11-13(2)12-15(18)4/h11-12,16-17,19H,6-10H2,1-5H3. The van der Waals surface area contributed by atoms with Crippen LogP contribution in [0, 0.1) is 20.8 Å². The molecule has 1 fully saturated rings. The van der Waals surface area contributed by atoms with Crippen molar-refractivity contribution in [2.75, 3.05) is 19.6 Å². The molecule has 1 aromatic rings. The SMILES string of the molecule is CCN(CCNC(C)c1c(C)cc(C)cc1C)C1CC1. The summed E-state index contributed by atoms with van der Waals surface area (Å²) in [6, 6.07) is 5.90. The molecule has 0 radical (unpaired) electrons. The van der Waals surface area contributed by atoms with E-state index >= 15 is 0 Å². The zero-order chi connectivity index (χ0) is 14.7. The van der Waals surface area contributed by atoms with Gasteiger partial charge in [-0.1, -0.05) is 24.6 Å². The molecule has 1 aromatic carbocycles. The molecule has 1 aliphatic carbocycles. The van der Waals surface area contributed by atoms with Crippen molar-refractivity contribution >= 4 is 0 Å². The van der Waals surface area contributed by atoms with Crippen molar-refractivity contribution < 1.29 is 0 Å². The van der Waals surface area contributed by atoms with Gasteiger partial charge in [0.05, 0.1) is 0 Å². The van der Waals surface area contributed by atoms with Gasteiger partial charge in [-0.2, -0.15) is 0 Å². The van der Waals surface area contributed by atoms with Crippen LogP contribution in [0.4, 0.5) is 0 Å². The maximum absolute atomic E-state index is 3.71. The lowest BCUT2D eigenvalue weighted by Gasteiger charge is -2.23. The van der Waals surface area contributed by atoms with E-state index in [2.05, 4.69) is 57.0 Å². The van der Waals surface area contributed by atoms with Gasteiger partial charge in [-0.25, -0.2) is 0 Å². The number of hydrogen-bond acceptors (Lipinski definition) is 2. The Morgan fingerprint density at radius 1 is 1.20 bits per heavy atom. The molecule has 112 valence electrons. The van der Waals surface area contributed by atoms with E-state index in [0.29, 0.717) is 6.04 Å². The Bertz CT molecular complexity index is 426. The molecular weight excluding hydrogens is 244 g/mol. The van der Waals surface area contributed by atoms with Crippen LogP contribution in [0.25, 0.3) is 0 Å². The molecule has 1 atom stereocenters. The van der Waals surface area contributed by atoms with Crippen LogP contribution in [0.15, 0.2) is 12.1 Å². The predicted molar refractivity (Wildman–Crippen MR) is 87.3 cm³/mol. The monoisotopic (exact) mass is 274 g/mol. The molecule has 0 saturated heterocycles. The summed E-state index contributed by atoms with van der Waals surface area (Å²) < 4.78 is 0. The Kier molecular flexibility index (Phi) is 5.22. The first-order valence-corrected chi connectivity index (χ1v) is 8.08. The molecule has 20 heavy (non-hydrogen) atoms. The Balaban J connectivity index is 1.89. The van der Waals surface area contributed by atoms with Gasteiger partial charge in [0, 0.05) is 25.2 Å². The summed E-state index contributed by atoms with van der Waals surface area (Å²) in [5.74, 6) is 0. The van der Waals surface area contributed by atoms with Gasteiger partial charge < -0.3 is 5.32 Å². The van der Waals surface area contributed by atoms with Gasteiger partial charge in [0.15, 0.2) is 0 Å². The number of nitrogens with one attached hydrogen (secondary N) is 1. The molecular formula is C18H30N2. The molecule has 1 aliphatic rings. The van der Waals surface area contributed by atoms with E-state index in [1.54, 1.807) is 0 Å². The van der Waals surface area contributed by atoms with Gasteiger partial charge in [0.25, 0.3) is 0 Å². The number of hydrogen-bond donors (Lipinski definition) is 1. The maximum atomic E-state index is 3.71. The molecule has 0 heterocycles. The van der Waals surface area contributed by atoms with Crippen LogP contribution in [0.2, 0.25) is 0 Å². The van der Waals surface area contributed by atoms with Crippen LogP contribution in [-0.4, -0.2) is 30.6 Å². The van der Waals surface area contributed by atoms with E-state index < -0.39 is 0 Å². The summed E-state index contributed by atoms with van der Waals surface area (Å²) in [5.41, 5.74) is 5.67. The van der Waals surface area contributed by atoms with E-state index in [-0.39, 0.29) is 0 Å². The number of rotatable bonds is 7. The summed E-state index contributed by atoms with van der Waals surface area (Å²) in [6.45, 7) is 14.6. The number of nitrogens with zero attached hydrogens (tertiary/aromatic N) is 1. The van der Waals surface area contributed by atoms with Crippen LogP contribution >= 0.6 is 0 Å². The highest BCUT2D eigenvalue weighted by Gasteiger charge is 2.27. The van der Waals surface area contributed by atoms with Crippen molar-refractivity contribution in [2.45, 2.75) is 59.5 Å². The van der Waals surface area contributed by atoms with Gasteiger partial charge >= 0.3 is 0 Å². The largest absolute Gasteiger partial charge is 0.309 e. The van der Waals surface area contributed by atoms with Gasteiger partial charge in [-0.05, 0) is 63.8 Å². The van der Waals surface area contributed by atoms with E-state index in [1.807, 2.05) is 0 Å². The Morgan fingerprint density at radius 3 is 2.30 bits per heavy atom. The fraction of sp³-hybridized carbons (Fsp3) is 0.667. The molecule has 1 saturated carbocycles. The predicted octanol–water partition coefficient (Wildman–Crippen LogP) is 3.75. The molecule has 0 aromatic heterocycles. The number of benzene rings is 1. The van der Waals surface area contributed by atoms with Crippen molar-refractivity contribution in [3.63, 3.8) is 0 Å². The minimum absolute atomic E-state index is 0.438. The summed E-state index contributed by atoms with van der Waals surface area (Å²) in [6.07, 6.45) is 2.80. The van der Waals surface area contributed by atoms with Crippen molar-refractivity contribution in [1.29, 1.82) is 0 Å². The molecule has 2 nitrogen and oxygen atoms in total. The number of likely N-dealkylation sites (N-methyl/N-ethyl adjacent to an activating group) is 1.